The second kappa shape index (κ2) is 9.00. The van der Waals surface area contributed by atoms with E-state index in [1.54, 1.807) is 0 Å². The molecule has 0 aromatic rings. The summed E-state index contributed by atoms with van der Waals surface area (Å²) < 4.78 is 4.74. The fourth-order valence-electron chi connectivity index (χ4n) is 2.75. The quantitative estimate of drug-likeness (QED) is 0.634. The Labute approximate surface area is 126 Å². The summed E-state index contributed by atoms with van der Waals surface area (Å²) >= 11 is 0. The summed E-state index contributed by atoms with van der Waals surface area (Å²) in [5.41, 5.74) is 0. The van der Waals surface area contributed by atoms with Gasteiger partial charge < -0.3 is 15.2 Å². The first kappa shape index (κ1) is 17.9. The molecule has 122 valence electrons. The minimum absolute atomic E-state index is 0.143. The van der Waals surface area contributed by atoms with Gasteiger partial charge in [0.25, 0.3) is 0 Å². The Morgan fingerprint density at radius 3 is 2.71 bits per heavy atom. The predicted octanol–water partition coefficient (Wildman–Crippen LogP) is 0.395. The van der Waals surface area contributed by atoms with Gasteiger partial charge in [-0.15, -0.1) is 0 Å². The van der Waals surface area contributed by atoms with Crippen molar-refractivity contribution in [3.63, 3.8) is 0 Å². The average Bonchev–Trinajstić information content (AvgIpc) is 2.84. The molecule has 1 fully saturated rings. The largest absolute Gasteiger partial charge is 0.467 e. The summed E-state index contributed by atoms with van der Waals surface area (Å²) in [5.74, 6) is 0.234. The number of ether oxygens (including phenoxy) is 1. The van der Waals surface area contributed by atoms with E-state index in [1.165, 1.54) is 7.11 Å². The normalized spacial score (nSPS) is 20.5. The highest BCUT2D eigenvalue weighted by Crippen LogP contribution is 2.18. The van der Waals surface area contributed by atoms with Gasteiger partial charge in [0.1, 0.15) is 6.04 Å². The minimum Gasteiger partial charge on any atom is -0.467 e. The van der Waals surface area contributed by atoms with Gasteiger partial charge >= 0.3 is 5.97 Å². The number of carbonyl (C=O) groups is 2. The van der Waals surface area contributed by atoms with Crippen LogP contribution in [0.2, 0.25) is 0 Å². The summed E-state index contributed by atoms with van der Waals surface area (Å²) in [5, 5.41) is 11.7. The molecular formula is C15H28N2O4. The first-order valence-electron chi connectivity index (χ1n) is 7.66. The third-order valence-electron chi connectivity index (χ3n) is 3.80. The van der Waals surface area contributed by atoms with Crippen LogP contribution in [-0.2, 0) is 14.3 Å². The molecule has 0 aliphatic carbocycles. The molecule has 1 aliphatic heterocycles. The molecule has 0 radical (unpaired) electrons. The molecule has 2 unspecified atom stereocenters. The molecular weight excluding hydrogens is 272 g/mol. The number of esters is 1. The highest BCUT2D eigenvalue weighted by atomic mass is 16.5. The van der Waals surface area contributed by atoms with Crippen LogP contribution in [0.25, 0.3) is 0 Å². The number of nitrogens with one attached hydrogen (secondary N) is 1. The van der Waals surface area contributed by atoms with Crippen molar-refractivity contribution in [2.24, 2.45) is 11.8 Å². The Balaban J connectivity index is 2.41. The van der Waals surface area contributed by atoms with Gasteiger partial charge in [-0.1, -0.05) is 13.8 Å². The number of carbonyl (C=O) groups excluding carboxylic acids is 2. The van der Waals surface area contributed by atoms with Gasteiger partial charge in [-0.05, 0) is 37.6 Å². The Bertz CT molecular complexity index is 347. The Morgan fingerprint density at radius 1 is 1.43 bits per heavy atom. The van der Waals surface area contributed by atoms with Crippen LogP contribution >= 0.6 is 0 Å². The predicted molar refractivity (Wildman–Crippen MR) is 79.7 cm³/mol. The molecule has 6 heteroatoms. The molecule has 1 rings (SSSR count). The van der Waals surface area contributed by atoms with E-state index in [4.69, 9.17) is 9.84 Å². The Hall–Kier alpha value is -1.14. The minimum atomic E-state index is -0.571. The number of rotatable bonds is 8. The second-order valence-electron chi connectivity index (χ2n) is 6.17. The lowest BCUT2D eigenvalue weighted by molar-refractivity contribution is -0.145. The zero-order valence-corrected chi connectivity index (χ0v) is 13.3. The van der Waals surface area contributed by atoms with Crippen LogP contribution < -0.4 is 5.32 Å². The van der Waals surface area contributed by atoms with E-state index in [9.17, 15) is 9.59 Å². The van der Waals surface area contributed by atoms with E-state index in [0.29, 0.717) is 24.8 Å². The highest BCUT2D eigenvalue weighted by Gasteiger charge is 2.26. The molecule has 6 nitrogen and oxygen atoms in total. The van der Waals surface area contributed by atoms with Crippen LogP contribution in [0.3, 0.4) is 0 Å². The maximum Gasteiger partial charge on any atom is 0.328 e. The van der Waals surface area contributed by atoms with Crippen molar-refractivity contribution < 1.29 is 19.4 Å². The fourth-order valence-corrected chi connectivity index (χ4v) is 2.75. The molecule has 1 amide bonds. The van der Waals surface area contributed by atoms with E-state index in [1.807, 2.05) is 13.8 Å². The topological polar surface area (TPSA) is 78.9 Å². The van der Waals surface area contributed by atoms with Gasteiger partial charge in [0.15, 0.2) is 0 Å². The van der Waals surface area contributed by atoms with Gasteiger partial charge in [-0.3, -0.25) is 9.69 Å². The van der Waals surface area contributed by atoms with Crippen molar-refractivity contribution in [3.05, 3.63) is 0 Å². The van der Waals surface area contributed by atoms with Crippen LogP contribution in [0.1, 0.15) is 33.1 Å². The number of nitrogens with zero attached hydrogens (tertiary/aromatic N) is 1. The molecule has 0 saturated carbocycles. The summed E-state index contributed by atoms with van der Waals surface area (Å²) in [4.78, 5) is 25.8. The molecule has 1 saturated heterocycles. The number of likely N-dealkylation sites (tertiary alicyclic amines) is 1. The lowest BCUT2D eigenvalue weighted by atomic mass is 10.0. The van der Waals surface area contributed by atoms with Gasteiger partial charge in [-0.2, -0.15) is 0 Å². The van der Waals surface area contributed by atoms with E-state index < -0.39 is 12.0 Å². The van der Waals surface area contributed by atoms with Gasteiger partial charge in [0.2, 0.25) is 5.91 Å². The van der Waals surface area contributed by atoms with Crippen LogP contribution in [0, 0.1) is 11.8 Å². The van der Waals surface area contributed by atoms with E-state index in [2.05, 4.69) is 10.2 Å². The fraction of sp³-hybridized carbons (Fsp3) is 0.867. The van der Waals surface area contributed by atoms with Crippen LogP contribution in [-0.4, -0.2) is 61.3 Å². The maximum atomic E-state index is 12.1. The van der Waals surface area contributed by atoms with Crippen LogP contribution in [0.4, 0.5) is 0 Å². The Kier molecular flexibility index (Phi) is 7.67. The number of methoxy groups -OCH3 is 1. The highest BCUT2D eigenvalue weighted by molar-refractivity contribution is 5.85. The molecule has 0 spiro atoms. The molecule has 2 N–H and O–H groups in total. The average molecular weight is 300 g/mol. The zero-order valence-electron chi connectivity index (χ0n) is 13.3. The molecule has 0 aromatic heterocycles. The van der Waals surface area contributed by atoms with Crippen molar-refractivity contribution in [1.29, 1.82) is 0 Å². The van der Waals surface area contributed by atoms with Gasteiger partial charge in [0.05, 0.1) is 13.7 Å². The van der Waals surface area contributed by atoms with Crippen molar-refractivity contribution in [2.75, 3.05) is 33.4 Å². The monoisotopic (exact) mass is 300 g/mol. The zero-order chi connectivity index (χ0) is 15.8. The first-order valence-corrected chi connectivity index (χ1v) is 7.66. The van der Waals surface area contributed by atoms with E-state index >= 15 is 0 Å². The van der Waals surface area contributed by atoms with Crippen molar-refractivity contribution in [3.8, 4) is 0 Å². The number of amides is 1. The van der Waals surface area contributed by atoms with Crippen molar-refractivity contribution >= 4 is 11.9 Å². The number of hydrogen-bond donors (Lipinski definition) is 2. The lowest BCUT2D eigenvalue weighted by Crippen LogP contribution is -2.46. The number of hydrogen-bond acceptors (Lipinski definition) is 5. The SMILES string of the molecule is COC(=O)C(CC(C)C)NC(=O)CN1CCC(CCO)C1. The summed E-state index contributed by atoms with van der Waals surface area (Å²) in [7, 11) is 1.34. The third kappa shape index (κ3) is 6.44. The standard InChI is InChI=1S/C15H28N2O4/c1-11(2)8-13(15(20)21-3)16-14(19)10-17-6-4-12(9-17)5-7-18/h11-13,18H,4-10H2,1-3H3,(H,16,19). The van der Waals surface area contributed by atoms with Gasteiger partial charge in [-0.25, -0.2) is 4.79 Å². The van der Waals surface area contributed by atoms with E-state index in [0.717, 1.165) is 25.9 Å². The molecule has 21 heavy (non-hydrogen) atoms. The second-order valence-corrected chi connectivity index (χ2v) is 6.17. The number of aliphatic hydroxyl groups excluding tert-OH is 1. The van der Waals surface area contributed by atoms with Gasteiger partial charge in [0, 0.05) is 13.2 Å². The summed E-state index contributed by atoms with van der Waals surface area (Å²) in [6, 6.07) is -0.571. The molecule has 1 aliphatic rings. The number of aliphatic hydroxyl groups is 1. The van der Waals surface area contributed by atoms with E-state index in [-0.39, 0.29) is 12.5 Å². The summed E-state index contributed by atoms with van der Waals surface area (Å²) in [6.07, 6.45) is 2.38. The molecule has 0 bridgehead atoms. The summed E-state index contributed by atoms with van der Waals surface area (Å²) in [6.45, 7) is 6.20. The lowest BCUT2D eigenvalue weighted by Gasteiger charge is -2.21. The Morgan fingerprint density at radius 2 is 2.14 bits per heavy atom. The maximum absolute atomic E-state index is 12.1. The first-order chi connectivity index (χ1) is 9.96. The molecule has 2 atom stereocenters. The molecule has 0 aromatic carbocycles. The van der Waals surface area contributed by atoms with Crippen LogP contribution in [0.15, 0.2) is 0 Å². The van der Waals surface area contributed by atoms with Crippen molar-refractivity contribution in [2.45, 2.75) is 39.2 Å². The third-order valence-corrected chi connectivity index (χ3v) is 3.80. The van der Waals surface area contributed by atoms with Crippen LogP contribution in [0.5, 0.6) is 0 Å². The molecule has 1 heterocycles. The smallest absolute Gasteiger partial charge is 0.328 e. The van der Waals surface area contributed by atoms with Crippen molar-refractivity contribution in [1.82, 2.24) is 10.2 Å².